The summed E-state index contributed by atoms with van der Waals surface area (Å²) in [6.45, 7) is 2.59. The average molecular weight is 317 g/mol. The minimum Gasteiger partial charge on any atom is -0.347 e. The molecule has 1 atom stereocenters. The number of carbonyl (C=O) groups excluding carboxylic acids is 3. The number of amides is 3. The van der Waals surface area contributed by atoms with Gasteiger partial charge < -0.3 is 14.7 Å². The number of hydrogen-bond donors (Lipinski definition) is 0. The van der Waals surface area contributed by atoms with Gasteiger partial charge in [-0.15, -0.1) is 0 Å². The molecule has 0 aliphatic carbocycles. The zero-order valence-corrected chi connectivity index (χ0v) is 13.9. The van der Waals surface area contributed by atoms with E-state index in [1.54, 1.807) is 23.9 Å². The Bertz CT molecular complexity index is 586. The van der Waals surface area contributed by atoms with E-state index in [4.69, 9.17) is 0 Å². The first-order valence-electron chi connectivity index (χ1n) is 7.70. The van der Waals surface area contributed by atoms with Crippen LogP contribution in [0.4, 0.5) is 0 Å². The molecule has 0 radical (unpaired) electrons. The minimum absolute atomic E-state index is 0.0725. The van der Waals surface area contributed by atoms with Gasteiger partial charge in [0.15, 0.2) is 0 Å². The summed E-state index contributed by atoms with van der Waals surface area (Å²) in [5.41, 5.74) is 0.919. The van der Waals surface area contributed by atoms with E-state index in [9.17, 15) is 14.4 Å². The first-order valence-corrected chi connectivity index (χ1v) is 7.70. The average Bonchev–Trinajstić information content (AvgIpc) is 2.54. The van der Waals surface area contributed by atoms with E-state index in [1.807, 2.05) is 30.3 Å². The topological polar surface area (TPSA) is 60.9 Å². The van der Waals surface area contributed by atoms with Crippen molar-refractivity contribution in [3.8, 4) is 0 Å². The predicted octanol–water partition coefficient (Wildman–Crippen LogP) is 0.377. The minimum atomic E-state index is -0.612. The molecule has 1 fully saturated rings. The normalized spacial score (nSPS) is 17.8. The summed E-state index contributed by atoms with van der Waals surface area (Å²) >= 11 is 0. The zero-order chi connectivity index (χ0) is 17.0. The van der Waals surface area contributed by atoms with Crippen LogP contribution in [-0.2, 0) is 20.8 Å². The van der Waals surface area contributed by atoms with Gasteiger partial charge in [-0.2, -0.15) is 0 Å². The molecule has 6 nitrogen and oxygen atoms in total. The number of hydrogen-bond acceptors (Lipinski definition) is 3. The van der Waals surface area contributed by atoms with Crippen molar-refractivity contribution < 1.29 is 14.4 Å². The molecule has 0 saturated carbocycles. The van der Waals surface area contributed by atoms with Crippen LogP contribution in [0.1, 0.15) is 12.5 Å². The van der Waals surface area contributed by atoms with Crippen molar-refractivity contribution >= 4 is 17.7 Å². The fourth-order valence-corrected chi connectivity index (χ4v) is 2.75. The summed E-state index contributed by atoms with van der Waals surface area (Å²) in [4.78, 5) is 41.4. The van der Waals surface area contributed by atoms with Crippen LogP contribution in [0.5, 0.6) is 0 Å². The van der Waals surface area contributed by atoms with Gasteiger partial charge in [-0.1, -0.05) is 30.3 Å². The summed E-state index contributed by atoms with van der Waals surface area (Å²) in [6, 6.07) is 8.85. The molecule has 0 unspecified atom stereocenters. The number of rotatable bonds is 3. The predicted molar refractivity (Wildman–Crippen MR) is 86.6 cm³/mol. The van der Waals surface area contributed by atoms with Crippen molar-refractivity contribution in [2.24, 2.45) is 0 Å². The maximum Gasteiger partial charge on any atom is 0.246 e. The van der Waals surface area contributed by atoms with Crippen molar-refractivity contribution in [1.29, 1.82) is 0 Å². The van der Waals surface area contributed by atoms with Gasteiger partial charge in [-0.05, 0) is 5.56 Å². The fraction of sp³-hybridized carbons (Fsp3) is 0.471. The van der Waals surface area contributed by atoms with Crippen LogP contribution in [0.15, 0.2) is 30.3 Å². The molecule has 3 amide bonds. The summed E-state index contributed by atoms with van der Waals surface area (Å²) in [5.74, 6) is -0.311. The van der Waals surface area contributed by atoms with E-state index in [0.29, 0.717) is 13.1 Å². The van der Waals surface area contributed by atoms with Crippen LogP contribution in [-0.4, -0.2) is 72.2 Å². The van der Waals surface area contributed by atoms with Gasteiger partial charge in [0.25, 0.3) is 0 Å². The van der Waals surface area contributed by atoms with Gasteiger partial charge in [0, 0.05) is 34.1 Å². The monoisotopic (exact) mass is 317 g/mol. The standard InChI is InChI=1S/C17H23N3O3/c1-13(21)19-9-10-20(15(12-19)17(23)18(2)3)16(22)11-14-7-5-4-6-8-14/h4-8,15H,9-12H2,1-3H3/t15-/m1/s1. The van der Waals surface area contributed by atoms with Gasteiger partial charge in [-0.25, -0.2) is 0 Å². The molecule has 0 N–H and O–H groups in total. The SMILES string of the molecule is CC(=O)N1CCN(C(=O)Cc2ccccc2)[C@@H](C(=O)N(C)C)C1. The smallest absolute Gasteiger partial charge is 0.246 e. The van der Waals surface area contributed by atoms with Crippen molar-refractivity contribution in [3.63, 3.8) is 0 Å². The van der Waals surface area contributed by atoms with Gasteiger partial charge in [-0.3, -0.25) is 14.4 Å². The lowest BCUT2D eigenvalue weighted by Crippen LogP contribution is -2.61. The van der Waals surface area contributed by atoms with Crippen LogP contribution in [0.25, 0.3) is 0 Å². The summed E-state index contributed by atoms with van der Waals surface area (Å²) in [6.07, 6.45) is 0.262. The number of nitrogens with zero attached hydrogens (tertiary/aromatic N) is 3. The quantitative estimate of drug-likeness (QED) is 0.809. The molecule has 0 bridgehead atoms. The molecular formula is C17H23N3O3. The third-order valence-electron chi connectivity index (χ3n) is 4.07. The highest BCUT2D eigenvalue weighted by molar-refractivity contribution is 5.89. The Kier molecular flexibility index (Phi) is 5.36. The van der Waals surface area contributed by atoms with Crippen LogP contribution in [0.2, 0.25) is 0 Å². The van der Waals surface area contributed by atoms with Crippen molar-refractivity contribution in [2.75, 3.05) is 33.7 Å². The van der Waals surface area contributed by atoms with Gasteiger partial charge in [0.1, 0.15) is 6.04 Å². The first kappa shape index (κ1) is 17.0. The second-order valence-corrected chi connectivity index (χ2v) is 5.96. The van der Waals surface area contributed by atoms with Gasteiger partial charge >= 0.3 is 0 Å². The molecule has 1 heterocycles. The van der Waals surface area contributed by atoms with Crippen LogP contribution < -0.4 is 0 Å². The Morgan fingerprint density at radius 1 is 1.13 bits per heavy atom. The Hall–Kier alpha value is -2.37. The third-order valence-corrected chi connectivity index (χ3v) is 4.07. The Balaban J connectivity index is 2.15. The number of carbonyl (C=O) groups is 3. The lowest BCUT2D eigenvalue weighted by Gasteiger charge is -2.41. The maximum atomic E-state index is 12.6. The van der Waals surface area contributed by atoms with Crippen molar-refractivity contribution in [1.82, 2.24) is 14.7 Å². The summed E-state index contributed by atoms with van der Waals surface area (Å²) < 4.78 is 0. The van der Waals surface area contributed by atoms with Crippen LogP contribution in [0.3, 0.4) is 0 Å². The van der Waals surface area contributed by atoms with Crippen LogP contribution >= 0.6 is 0 Å². The first-order chi connectivity index (χ1) is 10.9. The highest BCUT2D eigenvalue weighted by Gasteiger charge is 2.36. The molecule has 0 aromatic heterocycles. The molecule has 2 rings (SSSR count). The molecule has 1 saturated heterocycles. The van der Waals surface area contributed by atoms with E-state index >= 15 is 0 Å². The third kappa shape index (κ3) is 4.09. The van der Waals surface area contributed by atoms with Crippen LogP contribution in [0, 0.1) is 0 Å². The lowest BCUT2D eigenvalue weighted by atomic mass is 10.1. The van der Waals surface area contributed by atoms with E-state index in [1.165, 1.54) is 11.8 Å². The molecule has 1 aromatic rings. The second-order valence-electron chi connectivity index (χ2n) is 5.96. The Labute approximate surface area is 136 Å². The van der Waals surface area contributed by atoms with Gasteiger partial charge in [0.2, 0.25) is 17.7 Å². The molecule has 1 aromatic carbocycles. The largest absolute Gasteiger partial charge is 0.347 e. The molecule has 1 aliphatic heterocycles. The Morgan fingerprint density at radius 3 is 2.35 bits per heavy atom. The van der Waals surface area contributed by atoms with Crippen molar-refractivity contribution in [3.05, 3.63) is 35.9 Å². The number of benzene rings is 1. The molecule has 0 spiro atoms. The molecule has 6 heteroatoms. The van der Waals surface area contributed by atoms with Crippen molar-refractivity contribution in [2.45, 2.75) is 19.4 Å². The zero-order valence-electron chi connectivity index (χ0n) is 13.9. The van der Waals surface area contributed by atoms with E-state index in [-0.39, 0.29) is 30.7 Å². The molecular weight excluding hydrogens is 294 g/mol. The van der Waals surface area contributed by atoms with E-state index in [0.717, 1.165) is 5.56 Å². The highest BCUT2D eigenvalue weighted by Crippen LogP contribution is 2.14. The lowest BCUT2D eigenvalue weighted by molar-refractivity contribution is -0.150. The second kappa shape index (κ2) is 7.26. The molecule has 1 aliphatic rings. The summed E-state index contributed by atoms with van der Waals surface area (Å²) in [7, 11) is 3.32. The highest BCUT2D eigenvalue weighted by atomic mass is 16.2. The molecule has 23 heavy (non-hydrogen) atoms. The summed E-state index contributed by atoms with van der Waals surface area (Å²) in [5, 5.41) is 0. The van der Waals surface area contributed by atoms with E-state index in [2.05, 4.69) is 0 Å². The van der Waals surface area contributed by atoms with E-state index < -0.39 is 6.04 Å². The Morgan fingerprint density at radius 2 is 1.78 bits per heavy atom. The number of piperazine rings is 1. The fourth-order valence-electron chi connectivity index (χ4n) is 2.75. The maximum absolute atomic E-state index is 12.6. The van der Waals surface area contributed by atoms with Gasteiger partial charge in [0.05, 0.1) is 13.0 Å². The number of likely N-dealkylation sites (N-methyl/N-ethyl adjacent to an activating group) is 1. The molecule has 124 valence electrons.